The van der Waals surface area contributed by atoms with E-state index in [0.717, 1.165) is 0 Å². The van der Waals surface area contributed by atoms with Crippen molar-refractivity contribution < 1.29 is 8.42 Å². The van der Waals surface area contributed by atoms with Crippen LogP contribution in [0.2, 0.25) is 0 Å². The summed E-state index contributed by atoms with van der Waals surface area (Å²) >= 11 is 0. The molecular formula is C13H11N3O2S. The fraction of sp³-hybridized carbons (Fsp3) is 0. The Morgan fingerprint density at radius 2 is 1.58 bits per heavy atom. The summed E-state index contributed by atoms with van der Waals surface area (Å²) in [6.07, 6.45) is 1.68. The topological polar surface area (TPSA) is 87.2 Å². The number of hydrogen-bond donors (Lipinski definition) is 1. The monoisotopic (exact) mass is 273 g/mol. The van der Waals surface area contributed by atoms with Gasteiger partial charge in [0, 0.05) is 5.69 Å². The molecule has 2 N–H and O–H groups in total. The van der Waals surface area contributed by atoms with Crippen molar-refractivity contribution >= 4 is 21.4 Å². The first kappa shape index (κ1) is 12.9. The van der Waals surface area contributed by atoms with Crippen molar-refractivity contribution in [1.29, 1.82) is 5.26 Å². The Hall–Kier alpha value is -2.52. The van der Waals surface area contributed by atoms with Crippen LogP contribution < -0.4 is 10.0 Å². The Balaban J connectivity index is 2.49. The summed E-state index contributed by atoms with van der Waals surface area (Å²) in [5.41, 5.74) is 6.29. The highest BCUT2D eigenvalue weighted by molar-refractivity contribution is 7.93. The Bertz CT molecular complexity index is 704. The van der Waals surface area contributed by atoms with Crippen molar-refractivity contribution in [2.24, 2.45) is 0 Å². The van der Waals surface area contributed by atoms with Gasteiger partial charge in [-0.05, 0) is 36.4 Å². The van der Waals surface area contributed by atoms with Crippen LogP contribution in [-0.2, 0) is 10.0 Å². The number of benzene rings is 2. The molecule has 0 atom stereocenters. The predicted octanol–water partition coefficient (Wildman–Crippen LogP) is 1.95. The largest absolute Gasteiger partial charge is 0.399 e. The summed E-state index contributed by atoms with van der Waals surface area (Å²) in [6, 6.07) is 13.8. The standard InChI is InChI=1S/C13H11N3O2S/c14-10-16(12-8-6-11(15)7-9-12)19(17,18)13-4-2-1-3-5-13/h1-9H,15H2. The lowest BCUT2D eigenvalue weighted by Gasteiger charge is -2.16. The zero-order valence-corrected chi connectivity index (χ0v) is 10.7. The van der Waals surface area contributed by atoms with E-state index in [9.17, 15) is 8.42 Å². The van der Waals surface area contributed by atoms with Gasteiger partial charge in [0.2, 0.25) is 0 Å². The first-order valence-corrected chi connectivity index (χ1v) is 6.85. The third kappa shape index (κ3) is 2.51. The van der Waals surface area contributed by atoms with Crippen molar-refractivity contribution in [3.63, 3.8) is 0 Å². The number of nitriles is 1. The molecular weight excluding hydrogens is 262 g/mol. The van der Waals surface area contributed by atoms with E-state index >= 15 is 0 Å². The zero-order valence-electron chi connectivity index (χ0n) is 9.89. The number of nitrogens with zero attached hydrogens (tertiary/aromatic N) is 2. The van der Waals surface area contributed by atoms with Crippen molar-refractivity contribution in [3.8, 4) is 6.19 Å². The summed E-state index contributed by atoms with van der Waals surface area (Å²) < 4.78 is 25.3. The number of hydrogen-bond acceptors (Lipinski definition) is 4. The van der Waals surface area contributed by atoms with Crippen LogP contribution in [0, 0.1) is 11.5 Å². The molecule has 6 heteroatoms. The van der Waals surface area contributed by atoms with Crippen LogP contribution in [0.1, 0.15) is 0 Å². The molecule has 0 unspecified atom stereocenters. The van der Waals surface area contributed by atoms with E-state index in [1.54, 1.807) is 36.5 Å². The Kier molecular flexibility index (Phi) is 3.40. The Morgan fingerprint density at radius 1 is 1.00 bits per heavy atom. The first-order chi connectivity index (χ1) is 9.05. The van der Waals surface area contributed by atoms with Gasteiger partial charge in [-0.25, -0.2) is 0 Å². The van der Waals surface area contributed by atoms with Crippen molar-refractivity contribution in [2.75, 3.05) is 10.0 Å². The molecule has 0 aliphatic heterocycles. The van der Waals surface area contributed by atoms with Crippen LogP contribution >= 0.6 is 0 Å². The fourth-order valence-corrected chi connectivity index (χ4v) is 2.78. The van der Waals surface area contributed by atoms with Gasteiger partial charge in [0.25, 0.3) is 10.0 Å². The highest BCUT2D eigenvalue weighted by Gasteiger charge is 2.24. The zero-order chi connectivity index (χ0) is 13.9. The number of nitrogen functional groups attached to an aromatic ring is 1. The van der Waals surface area contributed by atoms with Crippen molar-refractivity contribution in [3.05, 3.63) is 54.6 Å². The minimum Gasteiger partial charge on any atom is -0.399 e. The molecule has 2 rings (SSSR count). The maximum atomic E-state index is 12.3. The molecule has 0 spiro atoms. The SMILES string of the molecule is N#CN(c1ccc(N)cc1)S(=O)(=O)c1ccccc1. The fourth-order valence-electron chi connectivity index (χ4n) is 1.56. The maximum Gasteiger partial charge on any atom is 0.276 e. The molecule has 0 saturated heterocycles. The van der Waals surface area contributed by atoms with Gasteiger partial charge in [-0.15, -0.1) is 0 Å². The lowest BCUT2D eigenvalue weighted by Crippen LogP contribution is -2.25. The molecule has 0 fully saturated rings. The summed E-state index contributed by atoms with van der Waals surface area (Å²) in [5, 5.41) is 9.11. The molecule has 96 valence electrons. The van der Waals surface area contributed by atoms with E-state index in [2.05, 4.69) is 0 Å². The molecule has 0 saturated carbocycles. The number of rotatable bonds is 3. The van der Waals surface area contributed by atoms with Gasteiger partial charge in [0.1, 0.15) is 0 Å². The molecule has 0 radical (unpaired) electrons. The molecule has 0 bridgehead atoms. The predicted molar refractivity (Wildman–Crippen MR) is 72.6 cm³/mol. The molecule has 19 heavy (non-hydrogen) atoms. The summed E-state index contributed by atoms with van der Waals surface area (Å²) in [7, 11) is -3.89. The van der Waals surface area contributed by atoms with Gasteiger partial charge >= 0.3 is 0 Å². The second-order valence-electron chi connectivity index (χ2n) is 3.77. The van der Waals surface area contributed by atoms with Crippen molar-refractivity contribution in [2.45, 2.75) is 4.90 Å². The molecule has 0 aliphatic carbocycles. The van der Waals surface area contributed by atoms with E-state index < -0.39 is 10.0 Å². The number of anilines is 2. The van der Waals surface area contributed by atoms with E-state index in [4.69, 9.17) is 11.0 Å². The van der Waals surface area contributed by atoms with Gasteiger partial charge < -0.3 is 5.73 Å². The molecule has 0 amide bonds. The van der Waals surface area contributed by atoms with Gasteiger partial charge in [-0.3, -0.25) is 0 Å². The minimum atomic E-state index is -3.89. The van der Waals surface area contributed by atoms with Gasteiger partial charge in [0.05, 0.1) is 10.6 Å². The third-order valence-electron chi connectivity index (χ3n) is 2.50. The van der Waals surface area contributed by atoms with Crippen LogP contribution in [-0.4, -0.2) is 8.42 Å². The normalized spacial score (nSPS) is 10.7. The van der Waals surface area contributed by atoms with Gasteiger partial charge in [0.15, 0.2) is 6.19 Å². The lowest BCUT2D eigenvalue weighted by atomic mass is 10.3. The minimum absolute atomic E-state index is 0.0633. The number of nitrogens with two attached hydrogens (primary N) is 1. The van der Waals surface area contributed by atoms with Crippen molar-refractivity contribution in [1.82, 2.24) is 0 Å². The van der Waals surface area contributed by atoms with E-state index in [0.29, 0.717) is 9.99 Å². The Labute approximate surface area is 111 Å². The molecule has 2 aromatic carbocycles. The molecule has 0 aliphatic rings. The molecule has 0 aromatic heterocycles. The van der Waals surface area contributed by atoms with Crippen LogP contribution in [0.25, 0.3) is 0 Å². The average Bonchev–Trinajstić information content (AvgIpc) is 2.42. The smallest absolute Gasteiger partial charge is 0.276 e. The van der Waals surface area contributed by atoms with E-state index in [1.807, 2.05) is 0 Å². The van der Waals surface area contributed by atoms with Crippen LogP contribution in [0.3, 0.4) is 0 Å². The Morgan fingerprint density at radius 3 is 2.11 bits per heavy atom. The summed E-state index contributed by atoms with van der Waals surface area (Å²) in [5.74, 6) is 0. The van der Waals surface area contributed by atoms with Crippen LogP contribution in [0.5, 0.6) is 0 Å². The first-order valence-electron chi connectivity index (χ1n) is 5.41. The summed E-state index contributed by atoms with van der Waals surface area (Å²) in [4.78, 5) is 0.0633. The van der Waals surface area contributed by atoms with E-state index in [-0.39, 0.29) is 10.6 Å². The third-order valence-corrected chi connectivity index (χ3v) is 4.14. The van der Waals surface area contributed by atoms with Crippen LogP contribution in [0.15, 0.2) is 59.5 Å². The maximum absolute atomic E-state index is 12.3. The molecule has 5 nitrogen and oxygen atoms in total. The highest BCUT2D eigenvalue weighted by atomic mass is 32.2. The van der Waals surface area contributed by atoms with Gasteiger partial charge in [-0.2, -0.15) is 18.0 Å². The summed E-state index contributed by atoms with van der Waals surface area (Å²) in [6.45, 7) is 0. The van der Waals surface area contributed by atoms with E-state index in [1.165, 1.54) is 24.3 Å². The average molecular weight is 273 g/mol. The lowest BCUT2D eigenvalue weighted by molar-refractivity contribution is 0.596. The van der Waals surface area contributed by atoms with Crippen LogP contribution in [0.4, 0.5) is 11.4 Å². The quantitative estimate of drug-likeness (QED) is 0.526. The second kappa shape index (κ2) is 5.00. The second-order valence-corrected chi connectivity index (χ2v) is 5.56. The molecule has 0 heterocycles. The molecule has 2 aromatic rings. The van der Waals surface area contributed by atoms with Gasteiger partial charge in [-0.1, -0.05) is 18.2 Å². The highest BCUT2D eigenvalue weighted by Crippen LogP contribution is 2.23. The number of sulfonamides is 1.